The van der Waals surface area contributed by atoms with Gasteiger partial charge in [-0.3, -0.25) is 0 Å². The maximum absolute atomic E-state index is 13.3. The zero-order valence-electron chi connectivity index (χ0n) is 9.46. The van der Waals surface area contributed by atoms with Crippen molar-refractivity contribution < 1.29 is 18.6 Å². The molecule has 0 bridgehead atoms. The quantitative estimate of drug-likeness (QED) is 0.841. The largest absolute Gasteiger partial charge is 0.387 e. The van der Waals surface area contributed by atoms with Gasteiger partial charge in [0.2, 0.25) is 0 Å². The van der Waals surface area contributed by atoms with E-state index in [-0.39, 0.29) is 18.6 Å². The molecule has 0 amide bonds. The lowest BCUT2D eigenvalue weighted by atomic mass is 9.96. The van der Waals surface area contributed by atoms with Gasteiger partial charge >= 0.3 is 0 Å². The molecule has 0 spiro atoms. The van der Waals surface area contributed by atoms with Gasteiger partial charge in [0.25, 0.3) is 0 Å². The van der Waals surface area contributed by atoms with Gasteiger partial charge in [-0.15, -0.1) is 0 Å². The zero-order chi connectivity index (χ0) is 12.2. The molecule has 2 nitrogen and oxygen atoms in total. The lowest BCUT2D eigenvalue weighted by Gasteiger charge is -2.23. The molecule has 1 aromatic rings. The molecule has 0 aliphatic carbocycles. The molecule has 0 fully saturated rings. The second-order valence-electron chi connectivity index (χ2n) is 4.01. The van der Waals surface area contributed by atoms with E-state index in [1.54, 1.807) is 6.92 Å². The number of benzene rings is 1. The Morgan fingerprint density at radius 2 is 1.88 bits per heavy atom. The minimum absolute atomic E-state index is 0.0529. The van der Waals surface area contributed by atoms with Crippen LogP contribution < -0.4 is 0 Å². The summed E-state index contributed by atoms with van der Waals surface area (Å²) in [4.78, 5) is 0. The van der Waals surface area contributed by atoms with Crippen LogP contribution in [0.3, 0.4) is 0 Å². The summed E-state index contributed by atoms with van der Waals surface area (Å²) in [5.41, 5.74) is -1.37. The van der Waals surface area contributed by atoms with Gasteiger partial charge in [-0.05, 0) is 26.0 Å². The van der Waals surface area contributed by atoms with Gasteiger partial charge in [0.1, 0.15) is 11.6 Å². The van der Waals surface area contributed by atoms with Gasteiger partial charge in [0, 0.05) is 18.6 Å². The van der Waals surface area contributed by atoms with Crippen LogP contribution in [0.2, 0.25) is 0 Å². The maximum Gasteiger partial charge on any atom is 0.129 e. The number of hydrogen-bond acceptors (Lipinski definition) is 2. The van der Waals surface area contributed by atoms with Crippen LogP contribution in [0.5, 0.6) is 0 Å². The SMILES string of the molecule is CCOCC(C)(O)Cc1c(F)cccc1F. The molecule has 0 saturated carbocycles. The summed E-state index contributed by atoms with van der Waals surface area (Å²) in [6, 6.07) is 3.65. The third kappa shape index (κ3) is 3.54. The molecule has 0 heterocycles. The van der Waals surface area contributed by atoms with Crippen molar-refractivity contribution in [1.82, 2.24) is 0 Å². The zero-order valence-corrected chi connectivity index (χ0v) is 9.46. The normalized spacial score (nSPS) is 14.8. The van der Waals surface area contributed by atoms with Gasteiger partial charge in [-0.1, -0.05) is 6.07 Å². The average Bonchev–Trinajstić information content (AvgIpc) is 2.21. The first kappa shape index (κ1) is 13.1. The molecule has 0 saturated heterocycles. The van der Waals surface area contributed by atoms with Crippen LogP contribution in [0.15, 0.2) is 18.2 Å². The van der Waals surface area contributed by atoms with Crippen molar-refractivity contribution in [2.45, 2.75) is 25.9 Å². The molecule has 0 aliphatic rings. The number of halogens is 2. The summed E-state index contributed by atoms with van der Waals surface area (Å²) in [5, 5.41) is 9.89. The predicted octanol–water partition coefficient (Wildman–Crippen LogP) is 2.29. The van der Waals surface area contributed by atoms with Crippen LogP contribution >= 0.6 is 0 Å². The van der Waals surface area contributed by atoms with Crippen molar-refractivity contribution in [3.63, 3.8) is 0 Å². The Bertz CT molecular complexity index is 331. The summed E-state index contributed by atoms with van der Waals surface area (Å²) < 4.78 is 31.7. The highest BCUT2D eigenvalue weighted by molar-refractivity contribution is 5.21. The molecule has 0 radical (unpaired) electrons. The van der Waals surface area contributed by atoms with Crippen molar-refractivity contribution in [1.29, 1.82) is 0 Å². The number of hydrogen-bond donors (Lipinski definition) is 1. The van der Waals surface area contributed by atoms with Crippen molar-refractivity contribution in [3.8, 4) is 0 Å². The van der Waals surface area contributed by atoms with Crippen molar-refractivity contribution in [2.75, 3.05) is 13.2 Å². The second kappa shape index (κ2) is 5.37. The molecule has 90 valence electrons. The number of ether oxygens (including phenoxy) is 1. The Hall–Kier alpha value is -1.00. The van der Waals surface area contributed by atoms with E-state index in [1.807, 2.05) is 0 Å². The Kier molecular flexibility index (Phi) is 4.38. The molecule has 1 rings (SSSR count). The highest BCUT2D eigenvalue weighted by Gasteiger charge is 2.24. The third-order valence-corrected chi connectivity index (χ3v) is 2.24. The van der Waals surface area contributed by atoms with E-state index in [2.05, 4.69) is 0 Å². The van der Waals surface area contributed by atoms with E-state index >= 15 is 0 Å². The maximum atomic E-state index is 13.3. The highest BCUT2D eigenvalue weighted by Crippen LogP contribution is 2.19. The molecule has 16 heavy (non-hydrogen) atoms. The standard InChI is InChI=1S/C12H16F2O2/c1-3-16-8-12(2,15)7-9-10(13)5-4-6-11(9)14/h4-6,15H,3,7-8H2,1-2H3. The Labute approximate surface area is 93.9 Å². The fourth-order valence-corrected chi connectivity index (χ4v) is 1.46. The smallest absolute Gasteiger partial charge is 0.129 e. The molecule has 1 N–H and O–H groups in total. The molecule has 0 aromatic heterocycles. The summed E-state index contributed by atoms with van der Waals surface area (Å²) in [5.74, 6) is -1.28. The summed E-state index contributed by atoms with van der Waals surface area (Å²) >= 11 is 0. The van der Waals surface area contributed by atoms with Gasteiger partial charge in [-0.25, -0.2) is 8.78 Å². The van der Waals surface area contributed by atoms with Crippen molar-refractivity contribution in [2.24, 2.45) is 0 Å². The summed E-state index contributed by atoms with van der Waals surface area (Å²) in [6.45, 7) is 3.79. The van der Waals surface area contributed by atoms with E-state index in [1.165, 1.54) is 25.1 Å². The van der Waals surface area contributed by atoms with Gasteiger partial charge in [0.05, 0.1) is 12.2 Å². The van der Waals surface area contributed by atoms with E-state index in [0.717, 1.165) is 0 Å². The van der Waals surface area contributed by atoms with E-state index in [4.69, 9.17) is 4.74 Å². The number of aliphatic hydroxyl groups is 1. The molecular weight excluding hydrogens is 214 g/mol. The number of rotatable bonds is 5. The lowest BCUT2D eigenvalue weighted by molar-refractivity contribution is -0.0306. The fourth-order valence-electron chi connectivity index (χ4n) is 1.46. The van der Waals surface area contributed by atoms with Crippen LogP contribution in [-0.4, -0.2) is 23.9 Å². The molecule has 4 heteroatoms. The molecule has 0 aliphatic heterocycles. The van der Waals surface area contributed by atoms with E-state index < -0.39 is 17.2 Å². The minimum Gasteiger partial charge on any atom is -0.387 e. The average molecular weight is 230 g/mol. The fraction of sp³-hybridized carbons (Fsp3) is 0.500. The first-order valence-corrected chi connectivity index (χ1v) is 5.19. The minimum atomic E-state index is -1.26. The monoisotopic (exact) mass is 230 g/mol. The molecule has 1 aromatic carbocycles. The van der Waals surface area contributed by atoms with Crippen molar-refractivity contribution in [3.05, 3.63) is 35.4 Å². The van der Waals surface area contributed by atoms with Crippen LogP contribution in [-0.2, 0) is 11.2 Å². The van der Waals surface area contributed by atoms with Crippen molar-refractivity contribution >= 4 is 0 Å². The first-order chi connectivity index (χ1) is 7.46. The van der Waals surface area contributed by atoms with E-state index in [9.17, 15) is 13.9 Å². The van der Waals surface area contributed by atoms with Crippen LogP contribution in [0, 0.1) is 11.6 Å². The second-order valence-corrected chi connectivity index (χ2v) is 4.01. The lowest BCUT2D eigenvalue weighted by Crippen LogP contribution is -2.34. The topological polar surface area (TPSA) is 29.5 Å². The summed E-state index contributed by atoms with van der Waals surface area (Å²) in [6.07, 6.45) is -0.106. The molecule has 1 atom stereocenters. The van der Waals surface area contributed by atoms with Crippen LogP contribution in [0.25, 0.3) is 0 Å². The van der Waals surface area contributed by atoms with E-state index in [0.29, 0.717) is 6.61 Å². The first-order valence-electron chi connectivity index (χ1n) is 5.19. The Morgan fingerprint density at radius 1 is 1.31 bits per heavy atom. The van der Waals surface area contributed by atoms with Crippen LogP contribution in [0.1, 0.15) is 19.4 Å². The summed E-state index contributed by atoms with van der Waals surface area (Å²) in [7, 11) is 0. The Morgan fingerprint density at radius 3 is 2.38 bits per heavy atom. The van der Waals surface area contributed by atoms with Gasteiger partial charge in [0.15, 0.2) is 0 Å². The Balaban J connectivity index is 2.79. The van der Waals surface area contributed by atoms with Gasteiger partial charge < -0.3 is 9.84 Å². The van der Waals surface area contributed by atoms with Crippen LogP contribution in [0.4, 0.5) is 8.78 Å². The van der Waals surface area contributed by atoms with Gasteiger partial charge in [-0.2, -0.15) is 0 Å². The highest BCUT2D eigenvalue weighted by atomic mass is 19.1. The third-order valence-electron chi connectivity index (χ3n) is 2.24. The molecule has 1 unspecified atom stereocenters. The molecular formula is C12H16F2O2. The predicted molar refractivity (Wildman–Crippen MR) is 57.2 cm³/mol.